The van der Waals surface area contributed by atoms with Crippen molar-refractivity contribution < 1.29 is 45.9 Å². The number of rotatable bonds is 4. The lowest BCUT2D eigenvalue weighted by Crippen LogP contribution is -2.58. The van der Waals surface area contributed by atoms with Crippen molar-refractivity contribution >= 4 is 22.1 Å². The molecule has 1 spiro atoms. The second-order valence-electron chi connectivity index (χ2n) is 7.86. The standard InChI is InChI=1S/C19H22O10S/c1-10-5-7-12(8-6-10)30(22,23)29-13-9-24-17(21)19(13)15(25-11(2)20)14-16(28-19)27-18(3,4)26-14/h5-8,13-16H,9H2,1-4H3/t13-,14+,15+,16+,19+/m1/s1. The molecule has 1 aromatic rings. The summed E-state index contributed by atoms with van der Waals surface area (Å²) in [4.78, 5) is 24.4. The minimum Gasteiger partial charge on any atom is -0.460 e. The van der Waals surface area contributed by atoms with Gasteiger partial charge in [-0.2, -0.15) is 8.42 Å². The molecule has 164 valence electrons. The molecule has 0 aliphatic carbocycles. The van der Waals surface area contributed by atoms with Gasteiger partial charge >= 0.3 is 11.9 Å². The first-order valence-electron chi connectivity index (χ1n) is 9.32. The highest BCUT2D eigenvalue weighted by Gasteiger charge is 2.74. The zero-order valence-corrected chi connectivity index (χ0v) is 17.6. The van der Waals surface area contributed by atoms with Crippen molar-refractivity contribution in [3.05, 3.63) is 29.8 Å². The number of carbonyl (C=O) groups is 2. The van der Waals surface area contributed by atoms with Gasteiger partial charge in [0.25, 0.3) is 10.1 Å². The van der Waals surface area contributed by atoms with E-state index in [4.69, 9.17) is 27.9 Å². The zero-order chi connectivity index (χ0) is 21.9. The fraction of sp³-hybridized carbons (Fsp3) is 0.579. The van der Waals surface area contributed by atoms with E-state index in [2.05, 4.69) is 0 Å². The lowest BCUT2D eigenvalue weighted by atomic mass is 9.91. The van der Waals surface area contributed by atoms with E-state index < -0.39 is 64.7 Å². The number of cyclic esters (lactones) is 1. The third-order valence-corrected chi connectivity index (χ3v) is 6.46. The molecule has 0 unspecified atom stereocenters. The molecule has 5 atom stereocenters. The molecular weight excluding hydrogens is 420 g/mol. The first-order valence-corrected chi connectivity index (χ1v) is 10.7. The predicted molar refractivity (Wildman–Crippen MR) is 97.4 cm³/mol. The van der Waals surface area contributed by atoms with Crippen LogP contribution in [0.15, 0.2) is 29.2 Å². The number of ether oxygens (including phenoxy) is 5. The molecule has 0 saturated carbocycles. The second kappa shape index (κ2) is 6.99. The molecule has 0 radical (unpaired) electrons. The average molecular weight is 442 g/mol. The average Bonchev–Trinajstić information content (AvgIpc) is 3.20. The van der Waals surface area contributed by atoms with Gasteiger partial charge in [0.1, 0.15) is 6.61 Å². The quantitative estimate of drug-likeness (QED) is 0.489. The van der Waals surface area contributed by atoms with E-state index in [1.807, 2.05) is 6.92 Å². The highest BCUT2D eigenvalue weighted by molar-refractivity contribution is 7.86. The van der Waals surface area contributed by atoms with Crippen LogP contribution in [0.5, 0.6) is 0 Å². The van der Waals surface area contributed by atoms with Crippen LogP contribution >= 0.6 is 0 Å². The Bertz CT molecular complexity index is 970. The minimum absolute atomic E-state index is 0.0986. The maximum atomic E-state index is 12.8. The number of fused-ring (bicyclic) bond motifs is 1. The normalized spacial score (nSPS) is 34.7. The largest absolute Gasteiger partial charge is 0.460 e. The van der Waals surface area contributed by atoms with Gasteiger partial charge in [0, 0.05) is 6.92 Å². The monoisotopic (exact) mass is 442 g/mol. The zero-order valence-electron chi connectivity index (χ0n) is 16.8. The van der Waals surface area contributed by atoms with Crippen LogP contribution in [-0.2, 0) is 47.6 Å². The number of benzene rings is 1. The van der Waals surface area contributed by atoms with Crippen LogP contribution in [0, 0.1) is 6.92 Å². The number of hydrogen-bond donors (Lipinski definition) is 0. The molecule has 30 heavy (non-hydrogen) atoms. The van der Waals surface area contributed by atoms with Crippen LogP contribution in [0.4, 0.5) is 0 Å². The Balaban J connectivity index is 1.69. The van der Waals surface area contributed by atoms with Crippen molar-refractivity contribution in [3.8, 4) is 0 Å². The van der Waals surface area contributed by atoms with Crippen molar-refractivity contribution in [1.82, 2.24) is 0 Å². The maximum absolute atomic E-state index is 12.8. The Hall–Kier alpha value is -2.05. The fourth-order valence-corrected chi connectivity index (χ4v) is 4.93. The van der Waals surface area contributed by atoms with Crippen LogP contribution in [-0.4, -0.2) is 63.0 Å². The van der Waals surface area contributed by atoms with Crippen molar-refractivity contribution in [2.45, 2.75) is 68.6 Å². The summed E-state index contributed by atoms with van der Waals surface area (Å²) in [6, 6.07) is 6.00. The third-order valence-electron chi connectivity index (χ3n) is 5.13. The van der Waals surface area contributed by atoms with Gasteiger partial charge in [-0.3, -0.25) is 8.98 Å². The van der Waals surface area contributed by atoms with Crippen molar-refractivity contribution in [2.75, 3.05) is 6.61 Å². The molecule has 10 nitrogen and oxygen atoms in total. The van der Waals surface area contributed by atoms with Gasteiger partial charge in [0.15, 0.2) is 30.4 Å². The van der Waals surface area contributed by atoms with Gasteiger partial charge in [0.05, 0.1) is 4.90 Å². The van der Waals surface area contributed by atoms with E-state index in [-0.39, 0.29) is 4.90 Å². The van der Waals surface area contributed by atoms with E-state index in [1.165, 1.54) is 12.1 Å². The van der Waals surface area contributed by atoms with Crippen LogP contribution in [0.3, 0.4) is 0 Å². The van der Waals surface area contributed by atoms with Crippen molar-refractivity contribution in [3.63, 3.8) is 0 Å². The molecule has 4 rings (SSSR count). The third kappa shape index (κ3) is 3.40. The highest BCUT2D eigenvalue weighted by Crippen LogP contribution is 2.48. The van der Waals surface area contributed by atoms with Crippen LogP contribution in [0.2, 0.25) is 0 Å². The van der Waals surface area contributed by atoms with Gasteiger partial charge < -0.3 is 23.7 Å². The molecule has 1 aromatic carbocycles. The van der Waals surface area contributed by atoms with Gasteiger partial charge in [-0.15, -0.1) is 0 Å². The SMILES string of the molecule is CC(=O)O[C@H]1[C@@H]2OC(C)(C)O[C@H]2O[C@]12C(=O)OC[C@H]2OS(=O)(=O)c1ccc(C)cc1. The summed E-state index contributed by atoms with van der Waals surface area (Å²) in [7, 11) is -4.28. The Labute approximate surface area is 173 Å². The topological polar surface area (TPSA) is 124 Å². The van der Waals surface area contributed by atoms with E-state index in [1.54, 1.807) is 26.0 Å². The molecule has 0 N–H and O–H groups in total. The maximum Gasteiger partial charge on any atom is 0.345 e. The molecule has 3 aliphatic heterocycles. The second-order valence-corrected chi connectivity index (χ2v) is 9.43. The molecule has 11 heteroatoms. The Morgan fingerprint density at radius 1 is 1.13 bits per heavy atom. The Morgan fingerprint density at radius 2 is 1.80 bits per heavy atom. The van der Waals surface area contributed by atoms with Gasteiger partial charge in [-0.1, -0.05) is 17.7 Å². The van der Waals surface area contributed by atoms with Crippen molar-refractivity contribution in [1.29, 1.82) is 0 Å². The van der Waals surface area contributed by atoms with Gasteiger partial charge in [-0.05, 0) is 32.9 Å². The molecule has 0 amide bonds. The molecular formula is C19H22O10S. The minimum atomic E-state index is -4.28. The summed E-state index contributed by atoms with van der Waals surface area (Å²) in [5.74, 6) is -2.68. The molecule has 0 bridgehead atoms. The molecule has 3 heterocycles. The first kappa shape index (κ1) is 21.2. The summed E-state index contributed by atoms with van der Waals surface area (Å²) in [5, 5.41) is 0. The molecule has 3 saturated heterocycles. The number of aryl methyl sites for hydroxylation is 1. The van der Waals surface area contributed by atoms with Crippen LogP contribution < -0.4 is 0 Å². The van der Waals surface area contributed by atoms with Crippen LogP contribution in [0.1, 0.15) is 26.3 Å². The molecule has 3 fully saturated rings. The summed E-state index contributed by atoms with van der Waals surface area (Å²) < 4.78 is 58.6. The van der Waals surface area contributed by atoms with E-state index >= 15 is 0 Å². The van der Waals surface area contributed by atoms with Crippen LogP contribution in [0.25, 0.3) is 0 Å². The number of esters is 2. The summed E-state index contributed by atoms with van der Waals surface area (Å²) >= 11 is 0. The van der Waals surface area contributed by atoms with Gasteiger partial charge in [-0.25, -0.2) is 4.79 Å². The van der Waals surface area contributed by atoms with Gasteiger partial charge in [0.2, 0.25) is 5.60 Å². The smallest absolute Gasteiger partial charge is 0.345 e. The van der Waals surface area contributed by atoms with Crippen molar-refractivity contribution in [2.24, 2.45) is 0 Å². The molecule has 3 aliphatic rings. The number of carbonyl (C=O) groups excluding carboxylic acids is 2. The first-order chi connectivity index (χ1) is 13.9. The lowest BCUT2D eigenvalue weighted by Gasteiger charge is -2.33. The Morgan fingerprint density at radius 3 is 2.43 bits per heavy atom. The lowest BCUT2D eigenvalue weighted by molar-refractivity contribution is -0.248. The summed E-state index contributed by atoms with van der Waals surface area (Å²) in [6.45, 7) is 5.82. The van der Waals surface area contributed by atoms with E-state index in [0.29, 0.717) is 0 Å². The molecule has 0 aromatic heterocycles. The number of hydrogen-bond acceptors (Lipinski definition) is 10. The summed E-state index contributed by atoms with van der Waals surface area (Å²) in [5.41, 5.74) is -1.18. The highest BCUT2D eigenvalue weighted by atomic mass is 32.2. The Kier molecular flexibility index (Phi) is 4.94. The fourth-order valence-electron chi connectivity index (χ4n) is 3.85. The predicted octanol–water partition coefficient (Wildman–Crippen LogP) is 0.804. The summed E-state index contributed by atoms with van der Waals surface area (Å²) in [6.07, 6.45) is -4.79. The van der Waals surface area contributed by atoms with E-state index in [0.717, 1.165) is 12.5 Å². The van der Waals surface area contributed by atoms with E-state index in [9.17, 15) is 18.0 Å².